The third-order valence-electron chi connectivity index (χ3n) is 8.66. The van der Waals surface area contributed by atoms with Gasteiger partial charge in [0, 0.05) is 17.7 Å². The third-order valence-corrected chi connectivity index (χ3v) is 8.66. The molecule has 242 valence electrons. The number of ether oxygens (including phenoxy) is 2. The van der Waals surface area contributed by atoms with Crippen molar-refractivity contribution in [1.29, 1.82) is 0 Å². The first kappa shape index (κ1) is 33.5. The average Bonchev–Trinajstić information content (AvgIpc) is 3.25. The molecule has 11 nitrogen and oxygen atoms in total. The van der Waals surface area contributed by atoms with Crippen LogP contribution in [-0.4, -0.2) is 120 Å². The summed E-state index contributed by atoms with van der Waals surface area (Å²) in [6.07, 6.45) is -12.6. The normalized spacial score (nSPS) is 35.6. The maximum atomic E-state index is 12.2. The highest BCUT2D eigenvalue weighted by Gasteiger charge is 2.45. The summed E-state index contributed by atoms with van der Waals surface area (Å²) in [5.41, 5.74) is 2.53. The quantitative estimate of drug-likeness (QED) is 0.180. The van der Waals surface area contributed by atoms with Gasteiger partial charge in [-0.2, -0.15) is 0 Å². The van der Waals surface area contributed by atoms with E-state index in [1.54, 1.807) is 24.3 Å². The van der Waals surface area contributed by atoms with Crippen LogP contribution in [0.2, 0.25) is 0 Å². The number of aliphatic hydroxyl groups excluding tert-OH is 8. The van der Waals surface area contributed by atoms with Gasteiger partial charge >= 0.3 is 0 Å². The van der Waals surface area contributed by atoms with E-state index >= 15 is 0 Å². The summed E-state index contributed by atoms with van der Waals surface area (Å²) in [5, 5.41) is 92.3. The zero-order valence-electron chi connectivity index (χ0n) is 25.0. The van der Waals surface area contributed by atoms with Gasteiger partial charge in [-0.1, -0.05) is 49.7 Å². The summed E-state index contributed by atoms with van der Waals surface area (Å²) in [7, 11) is 0. The van der Waals surface area contributed by atoms with Gasteiger partial charge < -0.3 is 55.4 Å². The molecule has 2 saturated heterocycles. The van der Waals surface area contributed by atoms with Crippen molar-refractivity contribution in [2.75, 3.05) is 13.2 Å². The second kappa shape index (κ2) is 13.5. The summed E-state index contributed by atoms with van der Waals surface area (Å²) < 4.78 is 11.2. The highest BCUT2D eigenvalue weighted by Crippen LogP contribution is 2.50. The Labute approximate surface area is 261 Å². The van der Waals surface area contributed by atoms with Crippen molar-refractivity contribution < 1.29 is 55.4 Å². The molecule has 2 aliphatic heterocycles. The largest absolute Gasteiger partial charge is 0.396 e. The fourth-order valence-corrected chi connectivity index (χ4v) is 6.32. The van der Waals surface area contributed by atoms with Crippen molar-refractivity contribution in [3.8, 4) is 34.8 Å². The monoisotopic (exact) mass is 624 g/mol. The molecule has 3 aliphatic rings. The lowest BCUT2D eigenvalue weighted by molar-refractivity contribution is -0.214. The summed E-state index contributed by atoms with van der Waals surface area (Å²) in [6, 6.07) is 10.8. The van der Waals surface area contributed by atoms with Crippen LogP contribution in [0.4, 0.5) is 0 Å². The van der Waals surface area contributed by atoms with Gasteiger partial charge in [0.05, 0.1) is 12.7 Å². The minimum absolute atomic E-state index is 0.0668. The number of rotatable bonds is 5. The zero-order valence-corrected chi connectivity index (χ0v) is 25.0. The Hall–Kier alpha value is -2.88. The average molecular weight is 625 g/mol. The van der Waals surface area contributed by atoms with Crippen molar-refractivity contribution in [1.82, 2.24) is 0 Å². The Morgan fingerprint density at radius 1 is 0.689 bits per heavy atom. The Bertz CT molecular complexity index is 1500. The van der Waals surface area contributed by atoms with Crippen LogP contribution in [0.25, 0.3) is 11.1 Å². The molecule has 0 radical (unpaired) electrons. The van der Waals surface area contributed by atoms with Crippen molar-refractivity contribution in [3.63, 3.8) is 0 Å². The van der Waals surface area contributed by atoms with E-state index in [0.29, 0.717) is 28.7 Å². The van der Waals surface area contributed by atoms with E-state index in [4.69, 9.17) is 9.47 Å². The Kier molecular flexibility index (Phi) is 10.0. The molecule has 1 aliphatic carbocycles. The van der Waals surface area contributed by atoms with E-state index in [0.717, 1.165) is 11.1 Å². The second-order valence-electron chi connectivity index (χ2n) is 12.3. The van der Waals surface area contributed by atoms with Gasteiger partial charge in [0.1, 0.15) is 60.5 Å². The molecular weight excluding hydrogens is 584 g/mol. The van der Waals surface area contributed by atoms with E-state index in [1.807, 2.05) is 26.0 Å². The minimum Gasteiger partial charge on any atom is -0.396 e. The number of fused-ring (bicyclic) bond motifs is 3. The number of hydrogen-bond acceptors (Lipinski definition) is 11. The van der Waals surface area contributed by atoms with Gasteiger partial charge in [-0.25, -0.2) is 0 Å². The number of benzene rings is 2. The van der Waals surface area contributed by atoms with Crippen LogP contribution in [0.3, 0.4) is 0 Å². The standard InChI is InChI=1S/C34H40O11/c1-17(2)15-34(43)22-13-18(5-9-24-28(37)32(41)30(39)26(44-24)11-12-35)3-7-20(22)21-8-4-19(14-23(21)34)6-10-25-29(38)33(42)31(40)27(16-36)45-25/h3-4,7-8,13-14,17,24-33,35-43H,11-12,15-16H2,1-2H3/t24-,25-,26-,27-,28-,29-,30-,31-,32-,33-,34?/m1/s1. The van der Waals surface area contributed by atoms with Gasteiger partial charge in [0.2, 0.25) is 0 Å². The summed E-state index contributed by atoms with van der Waals surface area (Å²) in [6.45, 7) is 3.16. The van der Waals surface area contributed by atoms with Crippen LogP contribution in [0.5, 0.6) is 0 Å². The molecule has 11 heteroatoms. The predicted molar refractivity (Wildman–Crippen MR) is 160 cm³/mol. The van der Waals surface area contributed by atoms with Crippen molar-refractivity contribution >= 4 is 0 Å². The van der Waals surface area contributed by atoms with Crippen molar-refractivity contribution in [2.45, 2.75) is 93.3 Å². The molecule has 0 saturated carbocycles. The number of hydrogen-bond donors (Lipinski definition) is 9. The van der Waals surface area contributed by atoms with Gasteiger partial charge in [0.15, 0.2) is 0 Å². The van der Waals surface area contributed by atoms with Gasteiger partial charge in [-0.3, -0.25) is 0 Å². The SMILES string of the molecule is CC(C)CC1(O)c2cc(C#C[C@H]3O[C@H](CO)[C@@H](O)[C@H](O)[C@@H]3O)ccc2-c2ccc(C#C[C@H]3O[C@H](CCO)[C@@H](O)[C@H](O)[C@@H]3O)cc21. The van der Waals surface area contributed by atoms with Crippen molar-refractivity contribution in [3.05, 3.63) is 58.7 Å². The fraction of sp³-hybridized carbons (Fsp3) is 0.529. The van der Waals surface area contributed by atoms with Gasteiger partial charge in [-0.15, -0.1) is 0 Å². The van der Waals surface area contributed by atoms with Crippen LogP contribution in [0.15, 0.2) is 36.4 Å². The molecular formula is C34H40O11. The molecule has 2 aromatic carbocycles. The molecule has 0 amide bonds. The van der Waals surface area contributed by atoms with Crippen LogP contribution in [-0.2, 0) is 15.1 Å². The Balaban J connectivity index is 1.45. The first-order valence-electron chi connectivity index (χ1n) is 15.1. The van der Waals surface area contributed by atoms with Crippen LogP contribution in [0.1, 0.15) is 48.9 Å². The first-order chi connectivity index (χ1) is 21.4. The molecule has 0 aromatic heterocycles. The molecule has 1 unspecified atom stereocenters. The third kappa shape index (κ3) is 6.41. The molecule has 11 atom stereocenters. The second-order valence-corrected chi connectivity index (χ2v) is 12.3. The maximum absolute atomic E-state index is 12.2. The van der Waals surface area contributed by atoms with Crippen molar-refractivity contribution in [2.24, 2.45) is 5.92 Å². The topological polar surface area (TPSA) is 201 Å². The molecule has 0 spiro atoms. The lowest BCUT2D eigenvalue weighted by Gasteiger charge is -2.38. The van der Waals surface area contributed by atoms with Crippen LogP contribution in [0, 0.1) is 29.6 Å². The van der Waals surface area contributed by atoms with E-state index in [1.165, 1.54) is 0 Å². The molecule has 2 heterocycles. The molecule has 2 aromatic rings. The van der Waals surface area contributed by atoms with Crippen LogP contribution < -0.4 is 0 Å². The van der Waals surface area contributed by atoms with E-state index in [9.17, 15) is 46.0 Å². The minimum atomic E-state index is -1.54. The Morgan fingerprint density at radius 3 is 1.60 bits per heavy atom. The highest BCUT2D eigenvalue weighted by atomic mass is 16.5. The van der Waals surface area contributed by atoms with E-state index in [-0.39, 0.29) is 18.9 Å². The van der Waals surface area contributed by atoms with Crippen LogP contribution >= 0.6 is 0 Å². The van der Waals surface area contributed by atoms with E-state index < -0.39 is 73.2 Å². The predicted octanol–water partition coefficient (Wildman–Crippen LogP) is -1.27. The lowest BCUT2D eigenvalue weighted by Crippen LogP contribution is -2.58. The van der Waals surface area contributed by atoms with E-state index in [2.05, 4.69) is 23.7 Å². The smallest absolute Gasteiger partial charge is 0.147 e. The number of aliphatic hydroxyl groups is 9. The molecule has 45 heavy (non-hydrogen) atoms. The lowest BCUT2D eigenvalue weighted by atomic mass is 9.83. The zero-order chi connectivity index (χ0) is 32.6. The molecule has 0 bridgehead atoms. The summed E-state index contributed by atoms with van der Waals surface area (Å²) >= 11 is 0. The highest BCUT2D eigenvalue weighted by molar-refractivity contribution is 5.81. The summed E-state index contributed by atoms with van der Waals surface area (Å²) in [5.74, 6) is 11.6. The molecule has 2 fully saturated rings. The first-order valence-corrected chi connectivity index (χ1v) is 15.1. The molecule has 9 N–H and O–H groups in total. The Morgan fingerprint density at radius 2 is 1.16 bits per heavy atom. The maximum Gasteiger partial charge on any atom is 0.147 e. The molecule has 5 rings (SSSR count). The fourth-order valence-electron chi connectivity index (χ4n) is 6.32. The summed E-state index contributed by atoms with van der Waals surface area (Å²) in [4.78, 5) is 0. The van der Waals surface area contributed by atoms with Gasteiger partial charge in [0.25, 0.3) is 0 Å². The van der Waals surface area contributed by atoms with Gasteiger partial charge in [-0.05, 0) is 65.3 Å².